The number of rotatable bonds is 7. The molecule has 134 valence electrons. The standard InChI is InChI=1S/C21H18Cl2OS2/c22-18-7-1-15(2-8-18)13-25-21(17-5-11-20(24)12-6-17)26-14-16-3-9-19(23)10-4-16/h1-12,21,24H,13-14H2. The van der Waals surface area contributed by atoms with Crippen molar-refractivity contribution in [2.24, 2.45) is 0 Å². The number of phenolic OH excluding ortho intramolecular Hbond substituents is 1. The third-order valence-electron chi connectivity index (χ3n) is 3.79. The maximum atomic E-state index is 9.57. The van der Waals surface area contributed by atoms with Gasteiger partial charge in [-0.3, -0.25) is 0 Å². The second-order valence-electron chi connectivity index (χ2n) is 5.80. The molecule has 0 heterocycles. The summed E-state index contributed by atoms with van der Waals surface area (Å²) in [6.45, 7) is 0. The molecular formula is C21H18Cl2OS2. The first-order valence-corrected chi connectivity index (χ1v) is 11.0. The lowest BCUT2D eigenvalue weighted by Crippen LogP contribution is -1.92. The summed E-state index contributed by atoms with van der Waals surface area (Å²) in [6, 6.07) is 23.4. The fraction of sp³-hybridized carbons (Fsp3) is 0.143. The molecule has 26 heavy (non-hydrogen) atoms. The maximum absolute atomic E-state index is 9.57. The number of hydrogen-bond donors (Lipinski definition) is 1. The molecule has 0 atom stereocenters. The van der Waals surface area contributed by atoms with Crippen LogP contribution in [-0.2, 0) is 11.5 Å². The Bertz CT molecular complexity index is 769. The third kappa shape index (κ3) is 5.88. The molecule has 0 bridgehead atoms. The molecule has 3 aromatic carbocycles. The molecule has 0 saturated carbocycles. The largest absolute Gasteiger partial charge is 0.508 e. The predicted molar refractivity (Wildman–Crippen MR) is 116 cm³/mol. The summed E-state index contributed by atoms with van der Waals surface area (Å²) in [5.74, 6) is 2.09. The van der Waals surface area contributed by atoms with Crippen LogP contribution in [-0.4, -0.2) is 5.11 Å². The Kier molecular flexibility index (Phi) is 7.21. The normalized spacial score (nSPS) is 11.0. The number of aromatic hydroxyl groups is 1. The van der Waals surface area contributed by atoms with Gasteiger partial charge in [-0.1, -0.05) is 59.6 Å². The van der Waals surface area contributed by atoms with Crippen LogP contribution in [0.15, 0.2) is 72.8 Å². The van der Waals surface area contributed by atoms with Crippen LogP contribution in [0.25, 0.3) is 0 Å². The molecule has 0 amide bonds. The molecule has 0 aliphatic rings. The van der Waals surface area contributed by atoms with E-state index in [2.05, 4.69) is 24.3 Å². The van der Waals surface area contributed by atoms with E-state index in [0.29, 0.717) is 0 Å². The van der Waals surface area contributed by atoms with Crippen molar-refractivity contribution in [2.45, 2.75) is 16.1 Å². The van der Waals surface area contributed by atoms with E-state index < -0.39 is 0 Å². The van der Waals surface area contributed by atoms with Crippen molar-refractivity contribution in [3.05, 3.63) is 99.5 Å². The van der Waals surface area contributed by atoms with Gasteiger partial charge in [-0.2, -0.15) is 0 Å². The van der Waals surface area contributed by atoms with E-state index in [1.807, 2.05) is 59.9 Å². The first-order valence-electron chi connectivity index (χ1n) is 8.11. The molecular weight excluding hydrogens is 403 g/mol. The highest BCUT2D eigenvalue weighted by atomic mass is 35.5. The van der Waals surface area contributed by atoms with Crippen molar-refractivity contribution in [3.63, 3.8) is 0 Å². The van der Waals surface area contributed by atoms with Gasteiger partial charge in [-0.25, -0.2) is 0 Å². The average molecular weight is 421 g/mol. The molecule has 0 spiro atoms. The number of thioether (sulfide) groups is 2. The molecule has 1 N–H and O–H groups in total. The van der Waals surface area contributed by atoms with Crippen LogP contribution < -0.4 is 0 Å². The SMILES string of the molecule is Oc1ccc(C(SCc2ccc(Cl)cc2)SCc2ccc(Cl)cc2)cc1. The monoisotopic (exact) mass is 420 g/mol. The van der Waals surface area contributed by atoms with Gasteiger partial charge in [-0.05, 0) is 53.1 Å². The minimum atomic E-state index is 0.266. The molecule has 5 heteroatoms. The van der Waals surface area contributed by atoms with Crippen LogP contribution in [0.4, 0.5) is 0 Å². The molecule has 0 fully saturated rings. The van der Waals surface area contributed by atoms with Gasteiger partial charge in [0.25, 0.3) is 0 Å². The Morgan fingerprint density at radius 2 is 1.08 bits per heavy atom. The summed E-state index contributed by atoms with van der Waals surface area (Å²) in [6.07, 6.45) is 0. The lowest BCUT2D eigenvalue weighted by molar-refractivity contribution is 0.475. The van der Waals surface area contributed by atoms with Crippen molar-refractivity contribution in [2.75, 3.05) is 0 Å². The summed E-state index contributed by atoms with van der Waals surface area (Å²) < 4.78 is 0.266. The fourth-order valence-corrected chi connectivity index (χ4v) is 5.19. The molecule has 0 radical (unpaired) electrons. The van der Waals surface area contributed by atoms with Gasteiger partial charge in [0.05, 0.1) is 4.58 Å². The summed E-state index contributed by atoms with van der Waals surface area (Å²) >= 11 is 15.7. The first-order chi connectivity index (χ1) is 12.6. The molecule has 1 nitrogen and oxygen atoms in total. The minimum absolute atomic E-state index is 0.266. The van der Waals surface area contributed by atoms with E-state index in [1.54, 1.807) is 12.1 Å². The van der Waals surface area contributed by atoms with Gasteiger partial charge in [0.15, 0.2) is 0 Å². The predicted octanol–water partition coefficient (Wildman–Crippen LogP) is 7.56. The van der Waals surface area contributed by atoms with Gasteiger partial charge in [0.2, 0.25) is 0 Å². The zero-order chi connectivity index (χ0) is 18.4. The van der Waals surface area contributed by atoms with Crippen molar-refractivity contribution in [1.29, 1.82) is 0 Å². The van der Waals surface area contributed by atoms with Crippen LogP contribution in [0.5, 0.6) is 5.75 Å². The van der Waals surface area contributed by atoms with Crippen molar-refractivity contribution >= 4 is 46.7 Å². The van der Waals surface area contributed by atoms with Crippen molar-refractivity contribution in [1.82, 2.24) is 0 Å². The Hall–Kier alpha value is -1.26. The second kappa shape index (κ2) is 9.61. The van der Waals surface area contributed by atoms with Crippen molar-refractivity contribution in [3.8, 4) is 5.75 Å². The summed E-state index contributed by atoms with van der Waals surface area (Å²) in [7, 11) is 0. The molecule has 0 saturated heterocycles. The van der Waals surface area contributed by atoms with Gasteiger partial charge in [-0.15, -0.1) is 23.5 Å². The van der Waals surface area contributed by atoms with Gasteiger partial charge >= 0.3 is 0 Å². The third-order valence-corrected chi connectivity index (χ3v) is 7.26. The molecule has 0 aliphatic heterocycles. The van der Waals surface area contributed by atoms with Crippen LogP contribution in [0.1, 0.15) is 21.3 Å². The molecule has 0 aliphatic carbocycles. The zero-order valence-corrected chi connectivity index (χ0v) is 17.1. The molecule has 0 unspecified atom stereocenters. The van der Waals surface area contributed by atoms with Gasteiger partial charge in [0.1, 0.15) is 5.75 Å². The molecule has 3 aromatic rings. The Morgan fingerprint density at radius 3 is 1.50 bits per heavy atom. The fourth-order valence-electron chi connectivity index (χ4n) is 2.38. The zero-order valence-electron chi connectivity index (χ0n) is 13.9. The van der Waals surface area contributed by atoms with Crippen LogP contribution in [0.2, 0.25) is 10.0 Å². The van der Waals surface area contributed by atoms with Gasteiger partial charge in [0, 0.05) is 21.6 Å². The minimum Gasteiger partial charge on any atom is -0.508 e. The van der Waals surface area contributed by atoms with Crippen molar-refractivity contribution < 1.29 is 5.11 Å². The quantitative estimate of drug-likeness (QED) is 0.398. The smallest absolute Gasteiger partial charge is 0.115 e. The van der Waals surface area contributed by atoms with E-state index in [1.165, 1.54) is 16.7 Å². The van der Waals surface area contributed by atoms with Crippen LogP contribution >= 0.6 is 46.7 Å². The van der Waals surface area contributed by atoms with E-state index in [-0.39, 0.29) is 10.3 Å². The highest BCUT2D eigenvalue weighted by Crippen LogP contribution is 2.43. The van der Waals surface area contributed by atoms with Crippen LogP contribution in [0.3, 0.4) is 0 Å². The number of halogens is 2. The highest BCUT2D eigenvalue weighted by Gasteiger charge is 2.14. The first kappa shape index (κ1) is 19.5. The topological polar surface area (TPSA) is 20.2 Å². The lowest BCUT2D eigenvalue weighted by atomic mass is 10.2. The van der Waals surface area contributed by atoms with E-state index in [9.17, 15) is 5.11 Å². The summed E-state index contributed by atoms with van der Waals surface area (Å²) in [5, 5.41) is 11.1. The van der Waals surface area contributed by atoms with Gasteiger partial charge < -0.3 is 5.11 Å². The van der Waals surface area contributed by atoms with E-state index in [4.69, 9.17) is 23.2 Å². The Labute approximate surface area is 172 Å². The molecule has 0 aromatic heterocycles. The van der Waals surface area contributed by atoms with E-state index in [0.717, 1.165) is 21.6 Å². The number of phenols is 1. The average Bonchev–Trinajstić information content (AvgIpc) is 2.65. The van der Waals surface area contributed by atoms with E-state index >= 15 is 0 Å². The number of benzene rings is 3. The lowest BCUT2D eigenvalue weighted by Gasteiger charge is -2.17. The highest BCUT2D eigenvalue weighted by molar-refractivity contribution is 8.15. The van der Waals surface area contributed by atoms with Crippen LogP contribution in [0, 0.1) is 0 Å². The summed E-state index contributed by atoms with van der Waals surface area (Å²) in [5.41, 5.74) is 3.69. The summed E-state index contributed by atoms with van der Waals surface area (Å²) in [4.78, 5) is 0. The maximum Gasteiger partial charge on any atom is 0.115 e. The Morgan fingerprint density at radius 1 is 0.654 bits per heavy atom. The molecule has 3 rings (SSSR count). The second-order valence-corrected chi connectivity index (χ2v) is 9.16. The Balaban J connectivity index is 1.69. The number of hydrogen-bond acceptors (Lipinski definition) is 3.